The summed E-state index contributed by atoms with van der Waals surface area (Å²) in [5, 5.41) is 14.3. The highest BCUT2D eigenvalue weighted by Crippen LogP contribution is 2.47. The lowest BCUT2D eigenvalue weighted by Gasteiger charge is -2.38. The van der Waals surface area contributed by atoms with Gasteiger partial charge in [-0.3, -0.25) is 0 Å². The highest BCUT2D eigenvalue weighted by atomic mass is 16.5. The largest absolute Gasteiger partial charge is 0.548 e. The molecular weight excluding hydrogens is 230 g/mol. The van der Waals surface area contributed by atoms with Crippen LogP contribution in [-0.4, -0.2) is 19.1 Å². The Kier molecular flexibility index (Phi) is 2.51. The Hall–Kier alpha value is -1.97. The van der Waals surface area contributed by atoms with Gasteiger partial charge in [-0.1, -0.05) is 24.3 Å². The maximum Gasteiger partial charge on any atom is 0.142 e. The van der Waals surface area contributed by atoms with E-state index in [4.69, 9.17) is 4.74 Å². The second-order valence-electron chi connectivity index (χ2n) is 4.72. The lowest BCUT2D eigenvalue weighted by atomic mass is 9.79. The van der Waals surface area contributed by atoms with Gasteiger partial charge in [0.05, 0.1) is 24.8 Å². The topological polar surface area (TPSA) is 61.4 Å². The molecule has 3 rings (SSSR count). The molecule has 0 radical (unpaired) electrons. The van der Waals surface area contributed by atoms with E-state index in [-0.39, 0.29) is 11.8 Å². The van der Waals surface area contributed by atoms with Gasteiger partial charge in [-0.15, -0.1) is 0 Å². The zero-order valence-electron chi connectivity index (χ0n) is 10.1. The standard InChI is InChI=1S/C14H15NO3/c1-18-11-7-3-6-9-8-4-2-5-10(8)13(14(16)17)15-12(9)11/h2-4,6-8,10,13,15H,5H2,1H3,(H,16,17)/p-1/t8-,10+,13-/m1/s1. The van der Waals surface area contributed by atoms with Gasteiger partial charge in [0.25, 0.3) is 0 Å². The maximum absolute atomic E-state index is 11.3. The van der Waals surface area contributed by atoms with E-state index in [1.165, 1.54) is 0 Å². The molecule has 0 spiro atoms. The van der Waals surface area contributed by atoms with E-state index in [0.29, 0.717) is 5.75 Å². The molecule has 1 aliphatic heterocycles. The number of anilines is 1. The number of fused-ring (bicyclic) bond motifs is 3. The lowest BCUT2D eigenvalue weighted by Crippen LogP contribution is -2.48. The van der Waals surface area contributed by atoms with Gasteiger partial charge in [-0.2, -0.15) is 0 Å². The van der Waals surface area contributed by atoms with Crippen LogP contribution in [0, 0.1) is 5.92 Å². The van der Waals surface area contributed by atoms with Crippen LogP contribution in [0.3, 0.4) is 0 Å². The van der Waals surface area contributed by atoms with E-state index < -0.39 is 12.0 Å². The molecular formula is C14H14NO3-. The van der Waals surface area contributed by atoms with Gasteiger partial charge in [0.2, 0.25) is 0 Å². The third-order valence-electron chi connectivity index (χ3n) is 3.83. The molecule has 1 heterocycles. The highest BCUT2D eigenvalue weighted by Gasteiger charge is 2.38. The number of carbonyl (C=O) groups is 1. The summed E-state index contributed by atoms with van der Waals surface area (Å²) in [5.74, 6) is -0.198. The molecule has 3 atom stereocenters. The number of hydrogen-bond acceptors (Lipinski definition) is 4. The Morgan fingerprint density at radius 2 is 2.33 bits per heavy atom. The van der Waals surface area contributed by atoms with E-state index in [1.54, 1.807) is 7.11 Å². The van der Waals surface area contributed by atoms with Crippen LogP contribution in [0.2, 0.25) is 0 Å². The van der Waals surface area contributed by atoms with E-state index in [0.717, 1.165) is 17.7 Å². The Balaban J connectivity index is 2.11. The van der Waals surface area contributed by atoms with Crippen molar-refractivity contribution >= 4 is 11.7 Å². The monoisotopic (exact) mass is 244 g/mol. The second-order valence-corrected chi connectivity index (χ2v) is 4.72. The van der Waals surface area contributed by atoms with Crippen LogP contribution in [0.25, 0.3) is 0 Å². The van der Waals surface area contributed by atoms with Gasteiger partial charge in [-0.25, -0.2) is 0 Å². The SMILES string of the molecule is COc1cccc2c1N[C@@H](C(=O)[O-])[C@H]1CC=C[C@H]21. The molecule has 0 fully saturated rings. The smallest absolute Gasteiger partial charge is 0.142 e. The average molecular weight is 244 g/mol. The molecule has 1 N–H and O–H groups in total. The molecule has 18 heavy (non-hydrogen) atoms. The van der Waals surface area contributed by atoms with Crippen LogP contribution in [0.5, 0.6) is 5.75 Å². The van der Waals surface area contributed by atoms with Gasteiger partial charge >= 0.3 is 0 Å². The fourth-order valence-corrected chi connectivity index (χ4v) is 3.00. The minimum atomic E-state index is -1.05. The fraction of sp³-hybridized carbons (Fsp3) is 0.357. The lowest BCUT2D eigenvalue weighted by molar-refractivity contribution is -0.308. The number of carboxylic acids is 1. The van der Waals surface area contributed by atoms with Crippen LogP contribution >= 0.6 is 0 Å². The molecule has 1 aliphatic carbocycles. The van der Waals surface area contributed by atoms with Crippen LogP contribution in [0.4, 0.5) is 5.69 Å². The van der Waals surface area contributed by atoms with Crippen molar-refractivity contribution in [3.05, 3.63) is 35.9 Å². The number of carbonyl (C=O) groups excluding carboxylic acids is 1. The van der Waals surface area contributed by atoms with Gasteiger partial charge in [0, 0.05) is 5.92 Å². The van der Waals surface area contributed by atoms with Gasteiger partial charge in [0.15, 0.2) is 0 Å². The molecule has 0 amide bonds. The zero-order valence-corrected chi connectivity index (χ0v) is 10.1. The van der Waals surface area contributed by atoms with E-state index in [9.17, 15) is 9.90 Å². The van der Waals surface area contributed by atoms with E-state index in [1.807, 2.05) is 24.3 Å². The third-order valence-corrected chi connectivity index (χ3v) is 3.83. The van der Waals surface area contributed by atoms with Crippen molar-refractivity contribution in [2.24, 2.45) is 5.92 Å². The van der Waals surface area contributed by atoms with E-state index >= 15 is 0 Å². The number of carboxylic acid groups (broad SMARTS) is 1. The van der Waals surface area contributed by atoms with Crippen molar-refractivity contribution in [2.75, 3.05) is 12.4 Å². The summed E-state index contributed by atoms with van der Waals surface area (Å²) in [7, 11) is 1.59. The number of aliphatic carboxylic acids is 1. The predicted octanol–water partition coefficient (Wildman–Crippen LogP) is 0.899. The number of para-hydroxylation sites is 1. The molecule has 0 aromatic heterocycles. The third kappa shape index (κ3) is 1.49. The summed E-state index contributed by atoms with van der Waals surface area (Å²) in [6.45, 7) is 0. The van der Waals surface area contributed by atoms with E-state index in [2.05, 4.69) is 11.4 Å². The molecule has 0 saturated carbocycles. The van der Waals surface area contributed by atoms with Crippen LogP contribution in [-0.2, 0) is 4.79 Å². The summed E-state index contributed by atoms with van der Waals surface area (Å²) in [4.78, 5) is 11.3. The number of allylic oxidation sites excluding steroid dienone is 2. The van der Waals surface area contributed by atoms with Crippen molar-refractivity contribution < 1.29 is 14.6 Å². The Morgan fingerprint density at radius 1 is 1.50 bits per heavy atom. The zero-order chi connectivity index (χ0) is 12.7. The van der Waals surface area contributed by atoms with Gasteiger partial charge in [0.1, 0.15) is 5.75 Å². The summed E-state index contributed by atoms with van der Waals surface area (Å²) >= 11 is 0. The Morgan fingerprint density at radius 3 is 3.06 bits per heavy atom. The molecule has 94 valence electrons. The van der Waals surface area contributed by atoms with Crippen molar-refractivity contribution in [1.82, 2.24) is 0 Å². The Bertz CT molecular complexity index is 524. The molecule has 4 heteroatoms. The quantitative estimate of drug-likeness (QED) is 0.785. The van der Waals surface area contributed by atoms with Crippen molar-refractivity contribution in [3.8, 4) is 5.75 Å². The first-order chi connectivity index (χ1) is 8.72. The Labute approximate surface area is 105 Å². The fourth-order valence-electron chi connectivity index (χ4n) is 3.00. The van der Waals surface area contributed by atoms with Crippen LogP contribution in [0.1, 0.15) is 17.9 Å². The molecule has 1 aromatic carbocycles. The minimum Gasteiger partial charge on any atom is -0.548 e. The number of methoxy groups -OCH3 is 1. The summed E-state index contributed by atoms with van der Waals surface area (Å²) in [6, 6.07) is 5.12. The molecule has 0 bridgehead atoms. The first-order valence-corrected chi connectivity index (χ1v) is 6.03. The number of ether oxygens (including phenoxy) is 1. The van der Waals surface area contributed by atoms with Gasteiger partial charge in [-0.05, 0) is 24.0 Å². The normalized spacial score (nSPS) is 28.2. The summed E-state index contributed by atoms with van der Waals surface area (Å²) < 4.78 is 5.29. The molecule has 4 nitrogen and oxygen atoms in total. The maximum atomic E-state index is 11.3. The first-order valence-electron chi connectivity index (χ1n) is 6.03. The molecule has 0 saturated heterocycles. The first kappa shape index (κ1) is 11.1. The number of nitrogens with one attached hydrogen (secondary N) is 1. The van der Waals surface area contributed by atoms with Gasteiger partial charge < -0.3 is 20.0 Å². The molecule has 2 aliphatic rings. The average Bonchev–Trinajstić information content (AvgIpc) is 2.86. The highest BCUT2D eigenvalue weighted by molar-refractivity contribution is 5.81. The number of benzene rings is 1. The summed E-state index contributed by atoms with van der Waals surface area (Å²) in [6.07, 6.45) is 4.90. The predicted molar refractivity (Wildman–Crippen MR) is 65.4 cm³/mol. The van der Waals surface area contributed by atoms with Crippen LogP contribution in [0.15, 0.2) is 30.4 Å². The van der Waals surface area contributed by atoms with Crippen LogP contribution < -0.4 is 15.2 Å². The van der Waals surface area contributed by atoms with Crippen molar-refractivity contribution in [2.45, 2.75) is 18.4 Å². The van der Waals surface area contributed by atoms with Crippen molar-refractivity contribution in [3.63, 3.8) is 0 Å². The van der Waals surface area contributed by atoms with Crippen molar-refractivity contribution in [1.29, 1.82) is 0 Å². The molecule has 0 unspecified atom stereocenters. The minimum absolute atomic E-state index is 0.0367. The number of rotatable bonds is 2. The molecule has 1 aromatic rings. The summed E-state index contributed by atoms with van der Waals surface area (Å²) in [5.41, 5.74) is 1.88. The number of hydrogen-bond donors (Lipinski definition) is 1. The second kappa shape index (κ2) is 4.05.